The van der Waals surface area contributed by atoms with Crippen LogP contribution in [0.2, 0.25) is 0 Å². The van der Waals surface area contributed by atoms with Gasteiger partial charge in [-0.3, -0.25) is 19.2 Å². The summed E-state index contributed by atoms with van der Waals surface area (Å²) in [7, 11) is 0. The smallest absolute Gasteiger partial charge is 0.326 e. The van der Waals surface area contributed by atoms with Gasteiger partial charge < -0.3 is 31.7 Å². The molecule has 0 rings (SSSR count). The first-order chi connectivity index (χ1) is 15.1. The van der Waals surface area contributed by atoms with Crippen LogP contribution in [0.5, 0.6) is 0 Å². The van der Waals surface area contributed by atoms with Crippen molar-refractivity contribution in [2.24, 2.45) is 29.4 Å². The van der Waals surface area contributed by atoms with Crippen LogP contribution < -0.4 is 16.4 Å². The summed E-state index contributed by atoms with van der Waals surface area (Å²) in [5.41, 5.74) is 5.87. The lowest BCUT2D eigenvalue weighted by Crippen LogP contribution is -2.54. The summed E-state index contributed by atoms with van der Waals surface area (Å²) >= 11 is 0. The average molecular weight is 474 g/mol. The van der Waals surface area contributed by atoms with Gasteiger partial charge in [-0.05, 0) is 24.2 Å². The molecule has 0 spiro atoms. The van der Waals surface area contributed by atoms with Crippen LogP contribution in [0, 0.1) is 23.7 Å². The lowest BCUT2D eigenvalue weighted by Gasteiger charge is -2.28. The fraction of sp³-hybridized carbons (Fsp3) is 0.773. The topological polar surface area (TPSA) is 196 Å². The van der Waals surface area contributed by atoms with Gasteiger partial charge in [0, 0.05) is 18.4 Å². The number of carbonyl (C=O) groups is 5. The fourth-order valence-electron chi connectivity index (χ4n) is 3.35. The van der Waals surface area contributed by atoms with Crippen LogP contribution in [-0.4, -0.2) is 69.1 Å². The first-order valence-electron chi connectivity index (χ1n) is 11.1. The summed E-state index contributed by atoms with van der Waals surface area (Å²) < 4.78 is 0. The number of ketones is 1. The zero-order valence-corrected chi connectivity index (χ0v) is 20.2. The molecule has 0 aliphatic rings. The van der Waals surface area contributed by atoms with Gasteiger partial charge in [0.1, 0.15) is 12.1 Å². The fourth-order valence-corrected chi connectivity index (χ4v) is 3.35. The van der Waals surface area contributed by atoms with Crippen molar-refractivity contribution in [2.45, 2.75) is 85.0 Å². The molecule has 0 unspecified atom stereocenters. The molecule has 0 aliphatic heterocycles. The van der Waals surface area contributed by atoms with E-state index in [-0.39, 0.29) is 24.2 Å². The largest absolute Gasteiger partial charge is 0.481 e. The molecule has 0 saturated carbocycles. The molecule has 11 nitrogen and oxygen atoms in total. The third-order valence-electron chi connectivity index (χ3n) is 5.28. The van der Waals surface area contributed by atoms with Crippen LogP contribution in [-0.2, 0) is 24.0 Å². The minimum absolute atomic E-state index is 0.158. The van der Waals surface area contributed by atoms with E-state index in [2.05, 4.69) is 10.6 Å². The predicted molar refractivity (Wildman–Crippen MR) is 120 cm³/mol. The highest BCUT2D eigenvalue weighted by molar-refractivity contribution is 5.94. The molecular weight excluding hydrogens is 434 g/mol. The number of hydrogen-bond acceptors (Lipinski definition) is 7. The Balaban J connectivity index is 5.41. The summed E-state index contributed by atoms with van der Waals surface area (Å²) in [4.78, 5) is 60.3. The number of carbonyl (C=O) groups excluding carboxylic acids is 3. The highest BCUT2D eigenvalue weighted by atomic mass is 16.4. The highest BCUT2D eigenvalue weighted by Gasteiger charge is 2.35. The number of carboxylic acid groups (broad SMARTS) is 2. The SMILES string of the molecule is CC(C)C[C@@H](N)[C@@H](O)C(=O)N[C@H](C(=O)C[C@H](C(=O)N[C@@H](CC(=O)O)C(=O)O)C(C)C)C(C)C. The minimum atomic E-state index is -1.63. The Labute approximate surface area is 194 Å². The lowest BCUT2D eigenvalue weighted by molar-refractivity contribution is -0.148. The van der Waals surface area contributed by atoms with E-state index in [1.807, 2.05) is 13.8 Å². The van der Waals surface area contributed by atoms with E-state index >= 15 is 0 Å². The molecule has 11 heteroatoms. The molecule has 190 valence electrons. The van der Waals surface area contributed by atoms with E-state index in [4.69, 9.17) is 15.9 Å². The Hall–Kier alpha value is -2.53. The van der Waals surface area contributed by atoms with Crippen molar-refractivity contribution >= 4 is 29.5 Å². The maximum Gasteiger partial charge on any atom is 0.326 e. The van der Waals surface area contributed by atoms with Gasteiger partial charge in [0.15, 0.2) is 5.78 Å². The monoisotopic (exact) mass is 473 g/mol. The summed E-state index contributed by atoms with van der Waals surface area (Å²) in [6, 6.07) is -3.43. The van der Waals surface area contributed by atoms with Crippen LogP contribution in [0.15, 0.2) is 0 Å². The third-order valence-corrected chi connectivity index (χ3v) is 5.28. The number of aliphatic hydroxyl groups is 1. The summed E-state index contributed by atoms with van der Waals surface area (Å²) in [6.07, 6.45) is -2.21. The number of aliphatic carboxylic acids is 2. The summed E-state index contributed by atoms with van der Waals surface area (Å²) in [6.45, 7) is 10.5. The standard InChI is InChI=1S/C22H39N3O8/c1-10(2)7-14(23)19(29)21(31)25-18(12(5)6)16(26)8-13(11(3)4)20(30)24-15(22(32)33)9-17(27)28/h10-15,18-19,29H,7-9,23H2,1-6H3,(H,24,30)(H,25,31)(H,27,28)(H,32,33)/t13-,14+,15-,18-,19+/m0/s1. The number of amides is 2. The minimum Gasteiger partial charge on any atom is -0.481 e. The molecule has 0 heterocycles. The van der Waals surface area contributed by atoms with Gasteiger partial charge in [-0.1, -0.05) is 41.5 Å². The molecule has 0 aromatic heterocycles. The van der Waals surface area contributed by atoms with E-state index in [0.29, 0.717) is 6.42 Å². The second-order valence-electron chi connectivity index (χ2n) is 9.49. The molecule has 5 atom stereocenters. The summed E-state index contributed by atoms with van der Waals surface area (Å²) in [5.74, 6) is -6.43. The molecule has 0 bridgehead atoms. The van der Waals surface area contributed by atoms with Crippen LogP contribution >= 0.6 is 0 Å². The van der Waals surface area contributed by atoms with Crippen molar-refractivity contribution in [3.63, 3.8) is 0 Å². The van der Waals surface area contributed by atoms with E-state index in [0.717, 1.165) is 0 Å². The Morgan fingerprint density at radius 2 is 1.36 bits per heavy atom. The number of Topliss-reactive ketones (excluding diaryl/α,β-unsaturated/α-hetero) is 1. The lowest BCUT2D eigenvalue weighted by atomic mass is 9.85. The normalized spacial score (nSPS) is 16.1. The van der Waals surface area contributed by atoms with Gasteiger partial charge >= 0.3 is 11.9 Å². The average Bonchev–Trinajstić information content (AvgIpc) is 2.66. The zero-order valence-electron chi connectivity index (χ0n) is 20.2. The number of nitrogens with two attached hydrogens (primary N) is 1. The van der Waals surface area contributed by atoms with Crippen LogP contribution in [0.3, 0.4) is 0 Å². The quantitative estimate of drug-likeness (QED) is 0.191. The van der Waals surface area contributed by atoms with Gasteiger partial charge in [0.05, 0.1) is 12.5 Å². The molecule has 0 aromatic rings. The molecule has 0 radical (unpaired) electrons. The van der Waals surface area contributed by atoms with Crippen molar-refractivity contribution in [3.8, 4) is 0 Å². The van der Waals surface area contributed by atoms with E-state index in [1.54, 1.807) is 27.7 Å². The Kier molecular flexibility index (Phi) is 12.8. The first-order valence-corrected chi connectivity index (χ1v) is 11.1. The molecule has 0 aromatic carbocycles. The van der Waals surface area contributed by atoms with Crippen molar-refractivity contribution in [2.75, 3.05) is 0 Å². The molecule has 0 saturated heterocycles. The van der Waals surface area contributed by atoms with Crippen LogP contribution in [0.25, 0.3) is 0 Å². The molecule has 33 heavy (non-hydrogen) atoms. The highest BCUT2D eigenvalue weighted by Crippen LogP contribution is 2.20. The Morgan fingerprint density at radius 1 is 0.818 bits per heavy atom. The predicted octanol–water partition coefficient (Wildman–Crippen LogP) is 0.137. The Bertz CT molecular complexity index is 708. The molecule has 0 aliphatic carbocycles. The zero-order chi connectivity index (χ0) is 26.0. The van der Waals surface area contributed by atoms with Gasteiger partial charge in [0.2, 0.25) is 5.91 Å². The van der Waals surface area contributed by atoms with Gasteiger partial charge in [-0.25, -0.2) is 4.79 Å². The van der Waals surface area contributed by atoms with Crippen molar-refractivity contribution in [1.29, 1.82) is 0 Å². The molecule has 0 fully saturated rings. The van der Waals surface area contributed by atoms with E-state index in [1.165, 1.54) is 0 Å². The Morgan fingerprint density at radius 3 is 1.76 bits per heavy atom. The van der Waals surface area contributed by atoms with Crippen molar-refractivity contribution in [1.82, 2.24) is 10.6 Å². The van der Waals surface area contributed by atoms with Crippen LogP contribution in [0.1, 0.15) is 60.8 Å². The number of rotatable bonds is 15. The maximum absolute atomic E-state index is 13.0. The maximum atomic E-state index is 13.0. The molecular formula is C22H39N3O8. The van der Waals surface area contributed by atoms with E-state index in [9.17, 15) is 29.1 Å². The third kappa shape index (κ3) is 10.8. The number of aliphatic hydroxyl groups excluding tert-OH is 1. The number of hydrogen-bond donors (Lipinski definition) is 6. The van der Waals surface area contributed by atoms with Gasteiger partial charge in [0.25, 0.3) is 5.91 Å². The number of carboxylic acids is 2. The molecule has 2 amide bonds. The van der Waals surface area contributed by atoms with Crippen LogP contribution in [0.4, 0.5) is 0 Å². The number of nitrogens with one attached hydrogen (secondary N) is 2. The van der Waals surface area contributed by atoms with Gasteiger partial charge in [-0.2, -0.15) is 0 Å². The first kappa shape index (κ1) is 30.5. The molecule has 7 N–H and O–H groups in total. The second-order valence-corrected chi connectivity index (χ2v) is 9.49. The van der Waals surface area contributed by atoms with Gasteiger partial charge in [-0.15, -0.1) is 0 Å². The van der Waals surface area contributed by atoms with Crippen molar-refractivity contribution in [3.05, 3.63) is 0 Å². The van der Waals surface area contributed by atoms with Crippen molar-refractivity contribution < 1.29 is 39.3 Å². The van der Waals surface area contributed by atoms with E-state index < -0.39 is 66.1 Å². The second kappa shape index (κ2) is 13.9. The summed E-state index contributed by atoms with van der Waals surface area (Å²) in [5, 5.41) is 32.9.